The molecular weight excluding hydrogens is 371 g/mol. The molecule has 5 nitrogen and oxygen atoms in total. The van der Waals surface area contributed by atoms with Crippen molar-refractivity contribution in [3.63, 3.8) is 0 Å². The number of fused-ring (bicyclic) bond motifs is 2. The predicted molar refractivity (Wildman–Crippen MR) is 83.5 cm³/mol. The van der Waals surface area contributed by atoms with E-state index in [9.17, 15) is 26.7 Å². The van der Waals surface area contributed by atoms with Gasteiger partial charge in [0, 0.05) is 18.2 Å². The Labute approximate surface area is 149 Å². The van der Waals surface area contributed by atoms with E-state index in [2.05, 4.69) is 15.4 Å². The van der Waals surface area contributed by atoms with Gasteiger partial charge in [-0.25, -0.2) is 13.5 Å². The molecule has 3 atom stereocenters. The Kier molecular flexibility index (Phi) is 3.83. The molecule has 142 valence electrons. The zero-order valence-electron chi connectivity index (χ0n) is 13.9. The number of carbonyl (C=O) groups excluding carboxylic acids is 1. The van der Waals surface area contributed by atoms with Crippen molar-refractivity contribution < 1.29 is 26.7 Å². The van der Waals surface area contributed by atoms with Crippen LogP contribution in [0.1, 0.15) is 30.8 Å². The molecule has 0 radical (unpaired) electrons. The normalized spacial score (nSPS) is 24.7. The highest BCUT2D eigenvalue weighted by molar-refractivity contribution is 5.87. The van der Waals surface area contributed by atoms with Gasteiger partial charge in [-0.1, -0.05) is 13.0 Å². The molecule has 0 saturated carbocycles. The van der Waals surface area contributed by atoms with Crippen molar-refractivity contribution in [1.29, 1.82) is 0 Å². The van der Waals surface area contributed by atoms with Gasteiger partial charge in [0.2, 0.25) is 5.95 Å². The summed E-state index contributed by atoms with van der Waals surface area (Å²) in [4.78, 5) is 16.1. The molecule has 4 rings (SSSR count). The fourth-order valence-corrected chi connectivity index (χ4v) is 3.62. The molecule has 0 amide bonds. The third kappa shape index (κ3) is 2.98. The molecule has 2 aliphatic rings. The Morgan fingerprint density at radius 1 is 1.19 bits per heavy atom. The van der Waals surface area contributed by atoms with Gasteiger partial charge in [0.1, 0.15) is 17.4 Å². The lowest BCUT2D eigenvalue weighted by atomic mass is 9.78. The number of ketones is 1. The van der Waals surface area contributed by atoms with E-state index in [0.717, 1.165) is 16.8 Å². The first-order valence-corrected chi connectivity index (χ1v) is 8.14. The van der Waals surface area contributed by atoms with Crippen molar-refractivity contribution in [1.82, 2.24) is 14.8 Å². The van der Waals surface area contributed by atoms with Crippen molar-refractivity contribution >= 4 is 11.7 Å². The maximum Gasteiger partial charge on any atom is 0.453 e. The summed E-state index contributed by atoms with van der Waals surface area (Å²) < 4.78 is 67.6. The second-order valence-electron chi connectivity index (χ2n) is 6.72. The van der Waals surface area contributed by atoms with E-state index < -0.39 is 35.6 Å². The summed E-state index contributed by atoms with van der Waals surface area (Å²) in [6, 6.07) is 1.48. The van der Waals surface area contributed by atoms with Crippen LogP contribution in [-0.2, 0) is 11.0 Å². The number of aromatic nitrogens is 3. The lowest BCUT2D eigenvalue weighted by molar-refractivity contribution is -0.145. The molecule has 0 fully saturated rings. The van der Waals surface area contributed by atoms with Gasteiger partial charge in [0.25, 0.3) is 5.82 Å². The van der Waals surface area contributed by atoms with Gasteiger partial charge < -0.3 is 5.32 Å². The molecular formula is C17H13F5N4O. The van der Waals surface area contributed by atoms with Gasteiger partial charge in [-0.2, -0.15) is 18.2 Å². The summed E-state index contributed by atoms with van der Waals surface area (Å²) in [5, 5.41) is 6.20. The van der Waals surface area contributed by atoms with E-state index in [1.807, 2.05) is 0 Å². The minimum absolute atomic E-state index is 0.00711. The number of nitrogens with zero attached hydrogens (tertiary/aromatic N) is 3. The average Bonchev–Trinajstić information content (AvgIpc) is 2.95. The first-order chi connectivity index (χ1) is 12.6. The smallest absolute Gasteiger partial charge is 0.328 e. The summed E-state index contributed by atoms with van der Waals surface area (Å²) in [7, 11) is 0. The number of benzene rings is 1. The van der Waals surface area contributed by atoms with E-state index in [0.29, 0.717) is 11.8 Å². The summed E-state index contributed by atoms with van der Waals surface area (Å²) in [5.41, 5.74) is 0.370. The first-order valence-electron chi connectivity index (χ1n) is 8.14. The fraction of sp³-hybridized carbons (Fsp3) is 0.353. The van der Waals surface area contributed by atoms with Crippen molar-refractivity contribution in [2.24, 2.45) is 11.8 Å². The van der Waals surface area contributed by atoms with Gasteiger partial charge in [-0.05, 0) is 23.6 Å². The van der Waals surface area contributed by atoms with Crippen molar-refractivity contribution in [2.75, 3.05) is 5.32 Å². The van der Waals surface area contributed by atoms with E-state index in [-0.39, 0.29) is 29.6 Å². The quantitative estimate of drug-likeness (QED) is 0.762. The monoisotopic (exact) mass is 384 g/mol. The van der Waals surface area contributed by atoms with Gasteiger partial charge >= 0.3 is 6.18 Å². The predicted octanol–water partition coefficient (Wildman–Crippen LogP) is 3.70. The summed E-state index contributed by atoms with van der Waals surface area (Å²) >= 11 is 0. The Morgan fingerprint density at radius 3 is 2.48 bits per heavy atom. The fourth-order valence-electron chi connectivity index (χ4n) is 3.62. The second-order valence-corrected chi connectivity index (χ2v) is 6.72. The van der Waals surface area contributed by atoms with Crippen LogP contribution in [0.25, 0.3) is 0 Å². The lowest BCUT2D eigenvalue weighted by Gasteiger charge is -2.37. The lowest BCUT2D eigenvalue weighted by Crippen LogP contribution is -2.40. The highest BCUT2D eigenvalue weighted by Gasteiger charge is 2.45. The Morgan fingerprint density at radius 2 is 1.85 bits per heavy atom. The third-order valence-corrected chi connectivity index (χ3v) is 4.62. The Hall–Kier alpha value is -2.78. The van der Waals surface area contributed by atoms with Gasteiger partial charge in [0.15, 0.2) is 0 Å². The number of nitrogens with one attached hydrogen (secondary N) is 1. The van der Waals surface area contributed by atoms with Crippen molar-refractivity contribution in [2.45, 2.75) is 25.6 Å². The van der Waals surface area contributed by atoms with Gasteiger partial charge in [-0.3, -0.25) is 4.79 Å². The number of alkyl halides is 3. The van der Waals surface area contributed by atoms with E-state index in [1.54, 1.807) is 13.0 Å². The van der Waals surface area contributed by atoms with Gasteiger partial charge in [-0.15, -0.1) is 5.10 Å². The number of halogens is 5. The summed E-state index contributed by atoms with van der Waals surface area (Å²) in [6.07, 6.45) is -2.92. The minimum Gasteiger partial charge on any atom is -0.328 e. The number of Topliss-reactive ketones (excluding diaryl/α,β-unsaturated/α-hetero) is 1. The highest BCUT2D eigenvalue weighted by atomic mass is 19.4. The maximum atomic E-state index is 13.8. The minimum atomic E-state index is -4.80. The number of hydrogen-bond acceptors (Lipinski definition) is 4. The van der Waals surface area contributed by atoms with Crippen molar-refractivity contribution in [3.05, 3.63) is 53.0 Å². The van der Waals surface area contributed by atoms with E-state index >= 15 is 0 Å². The SMILES string of the molecule is C[C@@H]1C=C2Nc3nc(C(F)(F)F)nn3[C@H](c3cc(F)cc(F)c3)[C@H]2C(=O)C1. The number of carbonyl (C=O) groups is 1. The van der Waals surface area contributed by atoms with Crippen molar-refractivity contribution in [3.8, 4) is 0 Å². The van der Waals surface area contributed by atoms with Gasteiger partial charge in [0.05, 0.1) is 12.0 Å². The van der Waals surface area contributed by atoms with Crippen LogP contribution >= 0.6 is 0 Å². The maximum absolute atomic E-state index is 13.8. The molecule has 27 heavy (non-hydrogen) atoms. The summed E-state index contributed by atoms with van der Waals surface area (Å²) in [5.74, 6) is -4.74. The number of anilines is 1. The molecule has 0 saturated heterocycles. The van der Waals surface area contributed by atoms with Crippen LogP contribution in [0, 0.1) is 23.5 Å². The average molecular weight is 384 g/mol. The van der Waals surface area contributed by atoms with E-state index in [4.69, 9.17) is 0 Å². The molecule has 2 aromatic rings. The number of hydrogen-bond donors (Lipinski definition) is 1. The Balaban J connectivity index is 1.94. The molecule has 1 aromatic carbocycles. The molecule has 2 heterocycles. The molecule has 0 unspecified atom stereocenters. The van der Waals surface area contributed by atoms with Crippen LogP contribution in [0.3, 0.4) is 0 Å². The number of allylic oxidation sites excluding steroid dienone is 2. The number of rotatable bonds is 1. The van der Waals surface area contributed by atoms with Crippen LogP contribution in [0.2, 0.25) is 0 Å². The zero-order chi connectivity index (χ0) is 19.5. The third-order valence-electron chi connectivity index (χ3n) is 4.62. The summed E-state index contributed by atoms with van der Waals surface area (Å²) in [6.45, 7) is 1.79. The molecule has 1 aromatic heterocycles. The largest absolute Gasteiger partial charge is 0.453 e. The topological polar surface area (TPSA) is 59.8 Å². The standard InChI is InChI=1S/C17H13F5N4O/c1-7-2-11-13(12(27)3-7)14(8-4-9(18)6-10(19)5-8)26-16(23-11)24-15(25-26)17(20,21)22/h2,4-7,13-14H,3H2,1H3,(H,23,24,25)/t7-,13-,14-/m1/s1. The molecule has 1 N–H and O–H groups in total. The van der Waals surface area contributed by atoms with Crippen LogP contribution < -0.4 is 5.32 Å². The Bertz CT molecular complexity index is 944. The van der Waals surface area contributed by atoms with Crippen LogP contribution in [0.4, 0.5) is 27.9 Å². The molecule has 1 aliphatic heterocycles. The molecule has 0 spiro atoms. The van der Waals surface area contributed by atoms with Crippen LogP contribution in [0.5, 0.6) is 0 Å². The van der Waals surface area contributed by atoms with Crippen LogP contribution in [0.15, 0.2) is 30.0 Å². The first kappa shape index (κ1) is 17.6. The molecule has 0 bridgehead atoms. The second kappa shape index (κ2) is 5.86. The highest BCUT2D eigenvalue weighted by Crippen LogP contribution is 2.43. The van der Waals surface area contributed by atoms with Crippen LogP contribution in [-0.4, -0.2) is 20.5 Å². The zero-order valence-corrected chi connectivity index (χ0v) is 13.9. The molecule has 1 aliphatic carbocycles. The molecule has 10 heteroatoms. The van der Waals surface area contributed by atoms with E-state index in [1.165, 1.54) is 0 Å².